The van der Waals surface area contributed by atoms with Crippen LogP contribution in [0.25, 0.3) is 0 Å². The summed E-state index contributed by atoms with van der Waals surface area (Å²) in [6.07, 6.45) is 4.82. The van der Waals surface area contributed by atoms with Crippen LogP contribution in [0.1, 0.15) is 38.5 Å². The maximum absolute atomic E-state index is 12.3. The van der Waals surface area contributed by atoms with Gasteiger partial charge in [0.2, 0.25) is 0 Å². The largest absolute Gasteiger partial charge is 0.480 e. The first-order chi connectivity index (χ1) is 9.93. The number of carboxylic acid groups (broad SMARTS) is 1. The molecule has 120 valence electrons. The molecule has 0 aromatic heterocycles. The molecule has 6 nitrogen and oxygen atoms in total. The molecule has 0 aromatic rings. The molecule has 1 heterocycles. The summed E-state index contributed by atoms with van der Waals surface area (Å²) in [6.45, 7) is 2.49. The SMILES string of the molecule is CN(C)CC1CCN(C(=O)NC2(C(=O)O)CCCC2)CC1. The predicted molar refractivity (Wildman–Crippen MR) is 80.2 cm³/mol. The molecule has 0 unspecified atom stereocenters. The Bertz CT molecular complexity index is 384. The number of carbonyl (C=O) groups is 2. The molecule has 0 atom stereocenters. The minimum atomic E-state index is -1.03. The highest BCUT2D eigenvalue weighted by Crippen LogP contribution is 2.30. The zero-order valence-corrected chi connectivity index (χ0v) is 13.1. The van der Waals surface area contributed by atoms with Crippen LogP contribution in [0.3, 0.4) is 0 Å². The zero-order chi connectivity index (χ0) is 15.5. The van der Waals surface area contributed by atoms with E-state index in [0.29, 0.717) is 18.8 Å². The Balaban J connectivity index is 1.86. The van der Waals surface area contributed by atoms with Gasteiger partial charge in [-0.15, -0.1) is 0 Å². The number of amides is 2. The molecule has 0 radical (unpaired) electrons. The van der Waals surface area contributed by atoms with E-state index in [1.165, 1.54) is 0 Å². The average molecular weight is 297 g/mol. The molecule has 2 aliphatic rings. The van der Waals surface area contributed by atoms with Crippen molar-refractivity contribution in [1.29, 1.82) is 0 Å². The van der Waals surface area contributed by atoms with Gasteiger partial charge in [0.1, 0.15) is 5.54 Å². The number of nitrogens with zero attached hydrogens (tertiary/aromatic N) is 2. The van der Waals surface area contributed by atoms with Crippen molar-refractivity contribution in [2.75, 3.05) is 33.7 Å². The molecular formula is C15H27N3O3. The van der Waals surface area contributed by atoms with Crippen LogP contribution < -0.4 is 5.32 Å². The van der Waals surface area contributed by atoms with E-state index in [-0.39, 0.29) is 6.03 Å². The maximum atomic E-state index is 12.3. The van der Waals surface area contributed by atoms with Crippen molar-refractivity contribution in [3.05, 3.63) is 0 Å². The van der Waals surface area contributed by atoms with Crippen LogP contribution in [0.2, 0.25) is 0 Å². The van der Waals surface area contributed by atoms with E-state index < -0.39 is 11.5 Å². The number of piperidine rings is 1. The Morgan fingerprint density at radius 2 is 1.81 bits per heavy atom. The van der Waals surface area contributed by atoms with Crippen LogP contribution in [0.4, 0.5) is 4.79 Å². The lowest BCUT2D eigenvalue weighted by molar-refractivity contribution is -0.144. The van der Waals surface area contributed by atoms with Crippen LogP contribution >= 0.6 is 0 Å². The van der Waals surface area contributed by atoms with Gasteiger partial charge in [-0.05, 0) is 45.7 Å². The number of aliphatic carboxylic acids is 1. The number of urea groups is 1. The first-order valence-electron chi connectivity index (χ1n) is 7.88. The molecule has 2 N–H and O–H groups in total. The lowest BCUT2D eigenvalue weighted by atomic mass is 9.96. The number of nitrogens with one attached hydrogen (secondary N) is 1. The summed E-state index contributed by atoms with van der Waals surface area (Å²) < 4.78 is 0. The van der Waals surface area contributed by atoms with E-state index in [1.807, 2.05) is 0 Å². The fourth-order valence-corrected chi connectivity index (χ4v) is 3.49. The zero-order valence-electron chi connectivity index (χ0n) is 13.1. The minimum Gasteiger partial charge on any atom is -0.480 e. The van der Waals surface area contributed by atoms with Gasteiger partial charge in [0.05, 0.1) is 0 Å². The smallest absolute Gasteiger partial charge is 0.329 e. The summed E-state index contributed by atoms with van der Waals surface area (Å²) >= 11 is 0. The molecule has 0 spiro atoms. The fourth-order valence-electron chi connectivity index (χ4n) is 3.49. The summed E-state index contributed by atoms with van der Waals surface area (Å²) in [6, 6.07) is -0.206. The van der Waals surface area contributed by atoms with Gasteiger partial charge in [0.25, 0.3) is 0 Å². The van der Waals surface area contributed by atoms with E-state index in [0.717, 1.165) is 45.3 Å². The third-order valence-corrected chi connectivity index (χ3v) is 4.74. The number of carboxylic acids is 1. The van der Waals surface area contributed by atoms with Gasteiger partial charge in [-0.2, -0.15) is 0 Å². The van der Waals surface area contributed by atoms with Gasteiger partial charge < -0.3 is 20.2 Å². The first-order valence-corrected chi connectivity index (χ1v) is 7.88. The summed E-state index contributed by atoms with van der Waals surface area (Å²) in [7, 11) is 4.13. The number of hydrogen-bond acceptors (Lipinski definition) is 3. The second-order valence-electron chi connectivity index (χ2n) is 6.72. The Labute approximate surface area is 126 Å². The minimum absolute atomic E-state index is 0.206. The predicted octanol–water partition coefficient (Wildman–Crippen LogP) is 1.37. The molecule has 1 aliphatic carbocycles. The molecule has 1 saturated heterocycles. The van der Waals surface area contributed by atoms with Gasteiger partial charge in [0, 0.05) is 19.6 Å². The van der Waals surface area contributed by atoms with Crippen LogP contribution in [0.15, 0.2) is 0 Å². The van der Waals surface area contributed by atoms with Gasteiger partial charge in [-0.3, -0.25) is 0 Å². The third kappa shape index (κ3) is 3.87. The van der Waals surface area contributed by atoms with Crippen LogP contribution in [0.5, 0.6) is 0 Å². The summed E-state index contributed by atoms with van der Waals surface area (Å²) in [5, 5.41) is 12.2. The maximum Gasteiger partial charge on any atom is 0.329 e. The second kappa shape index (κ2) is 6.64. The van der Waals surface area contributed by atoms with E-state index in [2.05, 4.69) is 24.3 Å². The van der Waals surface area contributed by atoms with Gasteiger partial charge in [-0.1, -0.05) is 12.8 Å². The molecule has 1 aliphatic heterocycles. The summed E-state index contributed by atoms with van der Waals surface area (Å²) in [5.41, 5.74) is -1.03. The van der Waals surface area contributed by atoms with Gasteiger partial charge in [-0.25, -0.2) is 9.59 Å². The second-order valence-corrected chi connectivity index (χ2v) is 6.72. The Hall–Kier alpha value is -1.30. The number of carbonyl (C=O) groups excluding carboxylic acids is 1. The van der Waals surface area contributed by atoms with Gasteiger partial charge >= 0.3 is 12.0 Å². The topological polar surface area (TPSA) is 72.9 Å². The number of rotatable bonds is 4. The highest BCUT2D eigenvalue weighted by Gasteiger charge is 2.43. The Morgan fingerprint density at radius 3 is 2.29 bits per heavy atom. The van der Waals surface area contributed by atoms with E-state index in [4.69, 9.17) is 0 Å². The molecule has 1 saturated carbocycles. The standard InChI is InChI=1S/C15H27N3O3/c1-17(2)11-12-5-9-18(10-6-12)14(21)16-15(13(19)20)7-3-4-8-15/h12H,3-11H2,1-2H3,(H,16,21)(H,19,20). The lowest BCUT2D eigenvalue weighted by Crippen LogP contribution is -2.57. The Morgan fingerprint density at radius 1 is 1.24 bits per heavy atom. The summed E-state index contributed by atoms with van der Waals surface area (Å²) in [4.78, 5) is 27.8. The quantitative estimate of drug-likeness (QED) is 0.822. The first kappa shape index (κ1) is 16.1. The normalized spacial score (nSPS) is 22.5. The van der Waals surface area contributed by atoms with Crippen LogP contribution in [0, 0.1) is 5.92 Å². The van der Waals surface area contributed by atoms with Gasteiger partial charge in [0.15, 0.2) is 0 Å². The van der Waals surface area contributed by atoms with E-state index in [1.54, 1.807) is 4.90 Å². The highest BCUT2D eigenvalue weighted by molar-refractivity contribution is 5.86. The fraction of sp³-hybridized carbons (Fsp3) is 0.867. The van der Waals surface area contributed by atoms with Crippen LogP contribution in [-0.2, 0) is 4.79 Å². The number of likely N-dealkylation sites (tertiary alicyclic amines) is 1. The lowest BCUT2D eigenvalue weighted by Gasteiger charge is -2.35. The van der Waals surface area contributed by atoms with Crippen molar-refractivity contribution in [2.24, 2.45) is 5.92 Å². The molecule has 2 rings (SSSR count). The highest BCUT2D eigenvalue weighted by atomic mass is 16.4. The van der Waals surface area contributed by atoms with Crippen molar-refractivity contribution in [3.8, 4) is 0 Å². The van der Waals surface area contributed by atoms with Crippen molar-refractivity contribution in [2.45, 2.75) is 44.1 Å². The molecule has 2 fully saturated rings. The van der Waals surface area contributed by atoms with E-state index >= 15 is 0 Å². The number of hydrogen-bond donors (Lipinski definition) is 2. The van der Waals surface area contributed by atoms with E-state index in [9.17, 15) is 14.7 Å². The molecule has 2 amide bonds. The van der Waals surface area contributed by atoms with Crippen molar-refractivity contribution in [1.82, 2.24) is 15.1 Å². The third-order valence-electron chi connectivity index (χ3n) is 4.74. The molecule has 6 heteroatoms. The molecule has 0 bridgehead atoms. The monoisotopic (exact) mass is 297 g/mol. The Kier molecular flexibility index (Phi) is 5.08. The van der Waals surface area contributed by atoms with Crippen molar-refractivity contribution >= 4 is 12.0 Å². The average Bonchev–Trinajstić information content (AvgIpc) is 2.88. The summed E-state index contributed by atoms with van der Waals surface area (Å²) in [5.74, 6) is -0.264. The molecule has 21 heavy (non-hydrogen) atoms. The van der Waals surface area contributed by atoms with Crippen molar-refractivity contribution in [3.63, 3.8) is 0 Å². The molecule has 0 aromatic carbocycles. The molecular weight excluding hydrogens is 270 g/mol. The van der Waals surface area contributed by atoms with Crippen molar-refractivity contribution < 1.29 is 14.7 Å². The van der Waals surface area contributed by atoms with Crippen LogP contribution in [-0.4, -0.2) is 66.2 Å².